The molecule has 1 spiro atoms. The second kappa shape index (κ2) is 5.61. The van der Waals surface area contributed by atoms with E-state index in [1.165, 1.54) is 11.1 Å². The minimum absolute atomic E-state index is 0.00164. The van der Waals surface area contributed by atoms with E-state index >= 15 is 0 Å². The summed E-state index contributed by atoms with van der Waals surface area (Å²) in [6, 6.07) is 9.14. The average Bonchev–Trinajstić information content (AvgIpc) is 2.86. The molecule has 2 fully saturated rings. The fourth-order valence-electron chi connectivity index (χ4n) is 3.13. The molecule has 1 aromatic rings. The van der Waals surface area contributed by atoms with Crippen molar-refractivity contribution < 1.29 is 9.47 Å². The maximum Gasteiger partial charge on any atom is 0.0951 e. The molecule has 1 N–H and O–H groups in total. The van der Waals surface area contributed by atoms with E-state index in [0.717, 1.165) is 45.6 Å². The van der Waals surface area contributed by atoms with Crippen LogP contribution in [0, 0.1) is 6.92 Å². The number of benzene rings is 1. The molecule has 0 saturated carbocycles. The van der Waals surface area contributed by atoms with E-state index in [1.54, 1.807) is 0 Å². The molecule has 0 bridgehead atoms. The summed E-state index contributed by atoms with van der Waals surface area (Å²) in [5.74, 6) is 0. The zero-order valence-corrected chi connectivity index (χ0v) is 11.7. The number of ether oxygens (including phenoxy) is 2. The Morgan fingerprint density at radius 3 is 3.00 bits per heavy atom. The van der Waals surface area contributed by atoms with Gasteiger partial charge >= 0.3 is 0 Å². The van der Waals surface area contributed by atoms with Gasteiger partial charge in [-0.15, -0.1) is 0 Å². The molecule has 2 saturated heterocycles. The highest BCUT2D eigenvalue weighted by Gasteiger charge is 2.40. The van der Waals surface area contributed by atoms with Crippen molar-refractivity contribution in [2.24, 2.45) is 0 Å². The van der Waals surface area contributed by atoms with Gasteiger partial charge in [0, 0.05) is 32.2 Å². The summed E-state index contributed by atoms with van der Waals surface area (Å²) in [6.45, 7) is 5.61. The third-order valence-electron chi connectivity index (χ3n) is 4.40. The summed E-state index contributed by atoms with van der Waals surface area (Å²) >= 11 is 0. The SMILES string of the molecule is Cc1ccccc1CN[C@H]1CCO[C@@]2(CCOC2)C1. The highest BCUT2D eigenvalue weighted by Crippen LogP contribution is 2.32. The summed E-state index contributed by atoms with van der Waals surface area (Å²) in [6.07, 6.45) is 3.24. The van der Waals surface area contributed by atoms with E-state index in [1.807, 2.05) is 0 Å². The number of aryl methyl sites for hydroxylation is 1. The van der Waals surface area contributed by atoms with Gasteiger partial charge < -0.3 is 14.8 Å². The fourth-order valence-corrected chi connectivity index (χ4v) is 3.13. The van der Waals surface area contributed by atoms with Gasteiger partial charge in [0.1, 0.15) is 0 Å². The molecule has 104 valence electrons. The Balaban J connectivity index is 1.57. The number of hydrogen-bond donors (Lipinski definition) is 1. The lowest BCUT2D eigenvalue weighted by Gasteiger charge is -2.37. The predicted octanol–water partition coefficient (Wildman–Crippen LogP) is 2.42. The zero-order chi connectivity index (χ0) is 13.1. The van der Waals surface area contributed by atoms with Crippen molar-refractivity contribution in [1.29, 1.82) is 0 Å². The van der Waals surface area contributed by atoms with Gasteiger partial charge in [0.25, 0.3) is 0 Å². The highest BCUT2D eigenvalue weighted by molar-refractivity contribution is 5.25. The largest absolute Gasteiger partial charge is 0.378 e. The number of nitrogens with one attached hydrogen (secondary N) is 1. The molecular formula is C16H23NO2. The molecule has 3 heteroatoms. The van der Waals surface area contributed by atoms with Crippen LogP contribution in [0.3, 0.4) is 0 Å². The van der Waals surface area contributed by atoms with Crippen molar-refractivity contribution in [3.8, 4) is 0 Å². The molecule has 0 unspecified atom stereocenters. The minimum atomic E-state index is 0.00164. The summed E-state index contributed by atoms with van der Waals surface area (Å²) in [5, 5.41) is 3.69. The predicted molar refractivity (Wildman–Crippen MR) is 75.2 cm³/mol. The summed E-state index contributed by atoms with van der Waals surface area (Å²) in [4.78, 5) is 0. The van der Waals surface area contributed by atoms with Crippen molar-refractivity contribution in [3.63, 3.8) is 0 Å². The van der Waals surface area contributed by atoms with Gasteiger partial charge in [-0.2, -0.15) is 0 Å². The third-order valence-corrected chi connectivity index (χ3v) is 4.40. The van der Waals surface area contributed by atoms with E-state index < -0.39 is 0 Å². The van der Waals surface area contributed by atoms with E-state index in [-0.39, 0.29) is 5.60 Å². The smallest absolute Gasteiger partial charge is 0.0951 e. The second-order valence-corrected chi connectivity index (χ2v) is 5.83. The van der Waals surface area contributed by atoms with Crippen molar-refractivity contribution in [2.45, 2.75) is 44.4 Å². The van der Waals surface area contributed by atoms with Crippen LogP contribution in [0.1, 0.15) is 30.4 Å². The molecule has 3 nitrogen and oxygen atoms in total. The molecule has 2 atom stereocenters. The lowest BCUT2D eigenvalue weighted by Crippen LogP contribution is -2.47. The average molecular weight is 261 g/mol. The van der Waals surface area contributed by atoms with Gasteiger partial charge in [-0.3, -0.25) is 0 Å². The summed E-state index contributed by atoms with van der Waals surface area (Å²) in [5.41, 5.74) is 2.76. The molecular weight excluding hydrogens is 238 g/mol. The maximum atomic E-state index is 5.97. The molecule has 19 heavy (non-hydrogen) atoms. The van der Waals surface area contributed by atoms with Crippen molar-refractivity contribution >= 4 is 0 Å². The minimum Gasteiger partial charge on any atom is -0.378 e. The Morgan fingerprint density at radius 2 is 2.21 bits per heavy atom. The lowest BCUT2D eigenvalue weighted by atomic mass is 9.89. The second-order valence-electron chi connectivity index (χ2n) is 5.83. The molecule has 0 aromatic heterocycles. The molecule has 2 aliphatic rings. The van der Waals surface area contributed by atoms with E-state index in [4.69, 9.17) is 9.47 Å². The van der Waals surface area contributed by atoms with Crippen LogP contribution in [-0.2, 0) is 16.0 Å². The van der Waals surface area contributed by atoms with Gasteiger partial charge in [0.2, 0.25) is 0 Å². The Bertz CT molecular complexity index is 427. The number of rotatable bonds is 3. The monoisotopic (exact) mass is 261 g/mol. The van der Waals surface area contributed by atoms with E-state index in [9.17, 15) is 0 Å². The standard InChI is InChI=1S/C16H23NO2/c1-13-4-2-3-5-14(13)11-17-15-6-8-19-16(10-15)7-9-18-12-16/h2-5,15,17H,6-12H2,1H3/t15-,16-/m0/s1. The normalized spacial score (nSPS) is 30.9. The molecule has 0 radical (unpaired) electrons. The van der Waals surface area contributed by atoms with Crippen molar-refractivity contribution in [2.75, 3.05) is 19.8 Å². The summed E-state index contributed by atoms with van der Waals surface area (Å²) in [7, 11) is 0. The summed E-state index contributed by atoms with van der Waals surface area (Å²) < 4.78 is 11.5. The topological polar surface area (TPSA) is 30.5 Å². The maximum absolute atomic E-state index is 5.97. The van der Waals surface area contributed by atoms with E-state index in [0.29, 0.717) is 6.04 Å². The Hall–Kier alpha value is -0.900. The van der Waals surface area contributed by atoms with Crippen LogP contribution in [0.25, 0.3) is 0 Å². The van der Waals surface area contributed by atoms with Crippen LogP contribution in [0.5, 0.6) is 0 Å². The number of hydrogen-bond acceptors (Lipinski definition) is 3. The first kappa shape index (κ1) is 13.1. The van der Waals surface area contributed by atoms with Crippen LogP contribution in [-0.4, -0.2) is 31.5 Å². The fraction of sp³-hybridized carbons (Fsp3) is 0.625. The third kappa shape index (κ3) is 2.99. The van der Waals surface area contributed by atoms with Crippen LogP contribution < -0.4 is 5.32 Å². The Labute approximate surface area is 115 Å². The molecule has 0 aliphatic carbocycles. The Morgan fingerprint density at radius 1 is 1.32 bits per heavy atom. The van der Waals surface area contributed by atoms with Gasteiger partial charge in [-0.05, 0) is 30.9 Å². The molecule has 0 amide bonds. The first-order valence-corrected chi connectivity index (χ1v) is 7.27. The first-order valence-electron chi connectivity index (χ1n) is 7.27. The van der Waals surface area contributed by atoms with E-state index in [2.05, 4.69) is 36.5 Å². The van der Waals surface area contributed by atoms with Gasteiger partial charge in [0.15, 0.2) is 0 Å². The van der Waals surface area contributed by atoms with Crippen LogP contribution in [0.2, 0.25) is 0 Å². The molecule has 2 aliphatic heterocycles. The van der Waals surface area contributed by atoms with Gasteiger partial charge in [0.05, 0.1) is 12.2 Å². The molecule has 3 rings (SSSR count). The van der Waals surface area contributed by atoms with Crippen LogP contribution in [0.4, 0.5) is 0 Å². The lowest BCUT2D eigenvalue weighted by molar-refractivity contribution is -0.0894. The quantitative estimate of drug-likeness (QED) is 0.906. The zero-order valence-electron chi connectivity index (χ0n) is 11.7. The highest BCUT2D eigenvalue weighted by atomic mass is 16.6. The van der Waals surface area contributed by atoms with Crippen molar-refractivity contribution in [1.82, 2.24) is 5.32 Å². The van der Waals surface area contributed by atoms with Gasteiger partial charge in [-0.25, -0.2) is 0 Å². The molecule has 2 heterocycles. The van der Waals surface area contributed by atoms with Crippen LogP contribution in [0.15, 0.2) is 24.3 Å². The Kier molecular flexibility index (Phi) is 3.87. The van der Waals surface area contributed by atoms with Gasteiger partial charge in [-0.1, -0.05) is 24.3 Å². The molecule has 1 aromatic carbocycles. The van der Waals surface area contributed by atoms with Crippen molar-refractivity contribution in [3.05, 3.63) is 35.4 Å². The van der Waals surface area contributed by atoms with Crippen LogP contribution >= 0.6 is 0 Å². The first-order chi connectivity index (χ1) is 9.27.